The second-order valence-corrected chi connectivity index (χ2v) is 10.8. The fraction of sp³-hybridized carbons (Fsp3) is 0.556. The predicted molar refractivity (Wildman–Crippen MR) is 135 cm³/mol. The van der Waals surface area contributed by atoms with Crippen molar-refractivity contribution in [3.05, 3.63) is 56.8 Å². The number of amides is 1. The molecule has 0 bridgehead atoms. The predicted octanol–water partition coefficient (Wildman–Crippen LogP) is 6.01. The Morgan fingerprint density at radius 2 is 1.94 bits per heavy atom. The van der Waals surface area contributed by atoms with Crippen LogP contribution in [0.1, 0.15) is 70.8 Å². The van der Waals surface area contributed by atoms with Gasteiger partial charge in [-0.1, -0.05) is 17.2 Å². The van der Waals surface area contributed by atoms with Gasteiger partial charge in [0.15, 0.2) is 0 Å². The van der Waals surface area contributed by atoms with E-state index in [2.05, 4.69) is 0 Å². The Hall–Kier alpha value is -2.52. The van der Waals surface area contributed by atoms with Crippen LogP contribution in [0.5, 0.6) is 0 Å². The smallest absolute Gasteiger partial charge is 0.410 e. The standard InChI is InChI=1S/C27H35F2NO5S/c1-17(2)35-25(32)23-9-8-22(36-23)6-5-12-30-21(11-13-34-26(30)33)7-10-24(31)27(28,29)20-15-18(3)14-19(4)16-20/h8-9,14-17,21,24,31H,5-7,10-13H2,1-4H3/t21?,24-/m1/s1. The van der Waals surface area contributed by atoms with E-state index in [4.69, 9.17) is 9.47 Å². The Labute approximate surface area is 215 Å². The molecule has 1 aliphatic rings. The van der Waals surface area contributed by atoms with Crippen LogP contribution in [0.4, 0.5) is 13.6 Å². The summed E-state index contributed by atoms with van der Waals surface area (Å²) in [5.41, 5.74) is 1.24. The average Bonchev–Trinajstić information content (AvgIpc) is 3.27. The maximum atomic E-state index is 15.0. The number of aliphatic hydroxyl groups excluding tert-OH is 1. The molecule has 2 heterocycles. The number of hydrogen-bond donors (Lipinski definition) is 1. The number of halogens is 2. The molecule has 36 heavy (non-hydrogen) atoms. The summed E-state index contributed by atoms with van der Waals surface area (Å²) in [5, 5.41) is 10.4. The summed E-state index contributed by atoms with van der Waals surface area (Å²) in [7, 11) is 0. The second-order valence-electron chi connectivity index (χ2n) is 9.67. The van der Waals surface area contributed by atoms with E-state index in [0.29, 0.717) is 41.8 Å². The van der Waals surface area contributed by atoms with Crippen LogP contribution in [-0.4, -0.2) is 53.5 Å². The van der Waals surface area contributed by atoms with Gasteiger partial charge in [-0.2, -0.15) is 8.78 Å². The number of rotatable bonds is 11. The molecule has 1 amide bonds. The molecular formula is C27H35F2NO5S. The van der Waals surface area contributed by atoms with Gasteiger partial charge in [0.1, 0.15) is 11.0 Å². The Kier molecular flexibility index (Phi) is 9.47. The van der Waals surface area contributed by atoms with E-state index in [1.165, 1.54) is 23.5 Å². The number of hydrogen-bond acceptors (Lipinski definition) is 6. The van der Waals surface area contributed by atoms with E-state index in [-0.39, 0.29) is 43.1 Å². The van der Waals surface area contributed by atoms with Gasteiger partial charge in [0.05, 0.1) is 12.7 Å². The summed E-state index contributed by atoms with van der Waals surface area (Å²) in [6.45, 7) is 7.72. The highest BCUT2D eigenvalue weighted by atomic mass is 32.1. The first-order chi connectivity index (χ1) is 17.0. The Balaban J connectivity index is 1.55. The highest BCUT2D eigenvalue weighted by Gasteiger charge is 2.41. The molecule has 198 valence electrons. The first-order valence-corrected chi connectivity index (χ1v) is 13.2. The van der Waals surface area contributed by atoms with E-state index in [1.54, 1.807) is 38.7 Å². The molecule has 3 rings (SSSR count). The van der Waals surface area contributed by atoms with Crippen LogP contribution in [0.3, 0.4) is 0 Å². The third kappa shape index (κ3) is 7.26. The lowest BCUT2D eigenvalue weighted by Crippen LogP contribution is -2.47. The van der Waals surface area contributed by atoms with Crippen LogP contribution in [0.15, 0.2) is 30.3 Å². The average molecular weight is 524 g/mol. The number of thiophene rings is 1. The second kappa shape index (κ2) is 12.1. The summed E-state index contributed by atoms with van der Waals surface area (Å²) in [6, 6.07) is 7.94. The molecule has 1 unspecified atom stereocenters. The Morgan fingerprint density at radius 1 is 1.25 bits per heavy atom. The molecule has 0 radical (unpaired) electrons. The number of cyclic esters (lactones) is 1. The topological polar surface area (TPSA) is 76.1 Å². The molecule has 0 aliphatic carbocycles. The van der Waals surface area contributed by atoms with Gasteiger partial charge in [-0.25, -0.2) is 9.59 Å². The molecule has 1 aromatic heterocycles. The molecule has 0 saturated carbocycles. The number of carbonyl (C=O) groups excluding carboxylic acids is 2. The monoisotopic (exact) mass is 523 g/mol. The van der Waals surface area contributed by atoms with Crippen molar-refractivity contribution < 1.29 is 33.0 Å². The number of benzene rings is 1. The highest BCUT2D eigenvalue weighted by Crippen LogP contribution is 2.36. The number of aryl methyl sites for hydroxylation is 3. The maximum Gasteiger partial charge on any atom is 0.410 e. The molecule has 1 aromatic carbocycles. The third-order valence-electron chi connectivity index (χ3n) is 6.18. The number of nitrogens with zero attached hydrogens (tertiary/aromatic N) is 1. The lowest BCUT2D eigenvalue weighted by molar-refractivity contribution is -0.120. The van der Waals surface area contributed by atoms with Crippen molar-refractivity contribution in [3.63, 3.8) is 0 Å². The quantitative estimate of drug-likeness (QED) is 0.365. The van der Waals surface area contributed by atoms with Crippen molar-refractivity contribution in [1.82, 2.24) is 4.90 Å². The number of aliphatic hydroxyl groups is 1. The molecule has 1 fully saturated rings. The SMILES string of the molecule is Cc1cc(C)cc(C(F)(F)[C@H](O)CCC2CCOC(=O)N2CCCc2ccc(C(=O)OC(C)C)s2)c1. The summed E-state index contributed by atoms with van der Waals surface area (Å²) >= 11 is 1.36. The number of alkyl halides is 2. The summed E-state index contributed by atoms with van der Waals surface area (Å²) in [6.07, 6.45) is -0.582. The van der Waals surface area contributed by atoms with Crippen LogP contribution in [0, 0.1) is 13.8 Å². The van der Waals surface area contributed by atoms with Crippen LogP contribution in [0.2, 0.25) is 0 Å². The lowest BCUT2D eigenvalue weighted by atomic mass is 9.94. The minimum Gasteiger partial charge on any atom is -0.459 e. The molecule has 6 nitrogen and oxygen atoms in total. The first-order valence-electron chi connectivity index (χ1n) is 12.3. The third-order valence-corrected chi connectivity index (χ3v) is 7.30. The van der Waals surface area contributed by atoms with Crippen molar-refractivity contribution in [2.45, 2.75) is 84.0 Å². The largest absolute Gasteiger partial charge is 0.459 e. The summed E-state index contributed by atoms with van der Waals surface area (Å²) < 4.78 is 40.3. The molecule has 1 N–H and O–H groups in total. The zero-order valence-corrected chi connectivity index (χ0v) is 22.1. The molecule has 1 aliphatic heterocycles. The molecule has 2 atom stereocenters. The summed E-state index contributed by atoms with van der Waals surface area (Å²) in [5.74, 6) is -3.73. The number of carbonyl (C=O) groups is 2. The normalized spacial score (nSPS) is 17.3. The fourth-order valence-electron chi connectivity index (χ4n) is 4.45. The van der Waals surface area contributed by atoms with Crippen LogP contribution in [-0.2, 0) is 21.8 Å². The van der Waals surface area contributed by atoms with Crippen molar-refractivity contribution in [3.8, 4) is 0 Å². The van der Waals surface area contributed by atoms with Crippen molar-refractivity contribution in [2.24, 2.45) is 0 Å². The van der Waals surface area contributed by atoms with Gasteiger partial charge in [0, 0.05) is 29.4 Å². The van der Waals surface area contributed by atoms with E-state index in [9.17, 15) is 23.5 Å². The maximum absolute atomic E-state index is 15.0. The molecule has 2 aromatic rings. The van der Waals surface area contributed by atoms with Crippen molar-refractivity contribution in [1.29, 1.82) is 0 Å². The van der Waals surface area contributed by atoms with Gasteiger partial charge in [0.2, 0.25) is 0 Å². The van der Waals surface area contributed by atoms with Gasteiger partial charge in [-0.05, 0) is 77.6 Å². The van der Waals surface area contributed by atoms with E-state index >= 15 is 0 Å². The van der Waals surface area contributed by atoms with E-state index in [0.717, 1.165) is 4.88 Å². The van der Waals surface area contributed by atoms with Gasteiger partial charge in [0.25, 0.3) is 5.92 Å². The zero-order chi connectivity index (χ0) is 26.5. The van der Waals surface area contributed by atoms with E-state index < -0.39 is 18.1 Å². The van der Waals surface area contributed by atoms with Crippen LogP contribution < -0.4 is 0 Å². The Morgan fingerprint density at radius 3 is 2.61 bits per heavy atom. The minimum atomic E-state index is -3.38. The van der Waals surface area contributed by atoms with Crippen LogP contribution >= 0.6 is 11.3 Å². The molecule has 0 spiro atoms. The Bertz CT molecular complexity index is 1030. The summed E-state index contributed by atoms with van der Waals surface area (Å²) in [4.78, 5) is 27.6. The van der Waals surface area contributed by atoms with Crippen molar-refractivity contribution in [2.75, 3.05) is 13.2 Å². The van der Waals surface area contributed by atoms with E-state index in [1.807, 2.05) is 12.1 Å². The highest BCUT2D eigenvalue weighted by molar-refractivity contribution is 7.13. The number of esters is 1. The first kappa shape index (κ1) is 28.1. The van der Waals surface area contributed by atoms with Crippen LogP contribution in [0.25, 0.3) is 0 Å². The molecular weight excluding hydrogens is 488 g/mol. The number of ether oxygens (including phenoxy) is 2. The van der Waals surface area contributed by atoms with Gasteiger partial charge >= 0.3 is 12.1 Å². The van der Waals surface area contributed by atoms with Gasteiger partial charge < -0.3 is 19.5 Å². The van der Waals surface area contributed by atoms with Gasteiger partial charge in [-0.15, -0.1) is 11.3 Å². The molecule has 1 saturated heterocycles. The minimum absolute atomic E-state index is 0.138. The fourth-order valence-corrected chi connectivity index (χ4v) is 5.39. The van der Waals surface area contributed by atoms with Gasteiger partial charge in [-0.3, -0.25) is 0 Å². The lowest BCUT2D eigenvalue weighted by Gasteiger charge is -2.36. The molecule has 9 heteroatoms. The van der Waals surface area contributed by atoms with Crippen molar-refractivity contribution >= 4 is 23.4 Å². The zero-order valence-electron chi connectivity index (χ0n) is 21.3.